The Morgan fingerprint density at radius 2 is 1.90 bits per heavy atom. The third kappa shape index (κ3) is 3.52. The standard InChI is InChI=1S/C16H13Cl2IO2/c1-3-21-14-8-12(17)11(7-13(14)18)16(20)10-6-4-5-9(2)15(10)19/h4-8H,3H2,1-2H3. The van der Waals surface area contributed by atoms with E-state index in [1.807, 2.05) is 26.0 Å². The predicted octanol–water partition coefficient (Wildman–Crippen LogP) is 5.54. The van der Waals surface area contributed by atoms with Crippen LogP contribution in [-0.4, -0.2) is 12.4 Å². The van der Waals surface area contributed by atoms with Gasteiger partial charge in [0.05, 0.1) is 16.7 Å². The van der Waals surface area contributed by atoms with Crippen molar-refractivity contribution in [2.24, 2.45) is 0 Å². The van der Waals surface area contributed by atoms with Crippen LogP contribution in [0, 0.1) is 10.5 Å². The number of carbonyl (C=O) groups excluding carboxylic acids is 1. The SMILES string of the molecule is CCOc1cc(Cl)c(C(=O)c2cccc(C)c2I)cc1Cl. The molecule has 0 aromatic heterocycles. The lowest BCUT2D eigenvalue weighted by Gasteiger charge is -2.11. The highest BCUT2D eigenvalue weighted by Crippen LogP contribution is 2.33. The lowest BCUT2D eigenvalue weighted by molar-refractivity contribution is 0.103. The van der Waals surface area contributed by atoms with Crippen molar-refractivity contribution >= 4 is 51.6 Å². The summed E-state index contributed by atoms with van der Waals surface area (Å²) in [4.78, 5) is 12.7. The molecule has 2 aromatic carbocycles. The molecule has 0 N–H and O–H groups in total. The normalized spacial score (nSPS) is 10.5. The predicted molar refractivity (Wildman–Crippen MR) is 95.0 cm³/mol. The van der Waals surface area contributed by atoms with Crippen molar-refractivity contribution < 1.29 is 9.53 Å². The van der Waals surface area contributed by atoms with Gasteiger partial charge in [-0.25, -0.2) is 0 Å². The zero-order chi connectivity index (χ0) is 15.6. The van der Waals surface area contributed by atoms with Gasteiger partial charge in [-0.3, -0.25) is 4.79 Å². The van der Waals surface area contributed by atoms with Crippen molar-refractivity contribution in [3.8, 4) is 5.75 Å². The molecule has 0 unspecified atom stereocenters. The van der Waals surface area contributed by atoms with E-state index in [-0.39, 0.29) is 5.78 Å². The lowest BCUT2D eigenvalue weighted by atomic mass is 10.0. The molecule has 2 rings (SSSR count). The first-order valence-corrected chi connectivity index (χ1v) is 8.20. The molecule has 110 valence electrons. The summed E-state index contributed by atoms with van der Waals surface area (Å²) in [6.07, 6.45) is 0. The summed E-state index contributed by atoms with van der Waals surface area (Å²) in [6, 6.07) is 8.76. The van der Waals surface area contributed by atoms with Crippen molar-refractivity contribution in [2.75, 3.05) is 6.61 Å². The van der Waals surface area contributed by atoms with Gasteiger partial charge in [-0.15, -0.1) is 0 Å². The minimum atomic E-state index is -0.141. The number of rotatable bonds is 4. The van der Waals surface area contributed by atoms with E-state index in [1.165, 1.54) is 0 Å². The van der Waals surface area contributed by atoms with Crippen LogP contribution in [0.5, 0.6) is 5.75 Å². The lowest BCUT2D eigenvalue weighted by Crippen LogP contribution is -2.06. The van der Waals surface area contributed by atoms with E-state index < -0.39 is 0 Å². The summed E-state index contributed by atoms with van der Waals surface area (Å²) in [5, 5.41) is 0.720. The molecule has 0 aliphatic rings. The van der Waals surface area contributed by atoms with Gasteiger partial charge in [-0.2, -0.15) is 0 Å². The molecule has 0 amide bonds. The quantitative estimate of drug-likeness (QED) is 0.466. The monoisotopic (exact) mass is 434 g/mol. The Morgan fingerprint density at radius 1 is 1.19 bits per heavy atom. The fourth-order valence-corrected chi connectivity index (χ4v) is 3.00. The molecule has 0 fully saturated rings. The van der Waals surface area contributed by atoms with Crippen LogP contribution < -0.4 is 4.74 Å². The highest BCUT2D eigenvalue weighted by molar-refractivity contribution is 14.1. The molecular formula is C16H13Cl2IO2. The minimum absolute atomic E-state index is 0.141. The second-order valence-corrected chi connectivity index (χ2v) is 6.35. The topological polar surface area (TPSA) is 26.3 Å². The van der Waals surface area contributed by atoms with E-state index >= 15 is 0 Å². The fraction of sp³-hybridized carbons (Fsp3) is 0.188. The largest absolute Gasteiger partial charge is 0.492 e. The van der Waals surface area contributed by atoms with Crippen LogP contribution in [0.25, 0.3) is 0 Å². The maximum absolute atomic E-state index is 12.7. The Labute approximate surface area is 147 Å². The van der Waals surface area contributed by atoms with Crippen LogP contribution in [-0.2, 0) is 0 Å². The van der Waals surface area contributed by atoms with E-state index in [0.29, 0.717) is 33.5 Å². The Morgan fingerprint density at radius 3 is 2.57 bits per heavy atom. The van der Waals surface area contributed by atoms with Crippen molar-refractivity contribution in [1.29, 1.82) is 0 Å². The molecule has 0 aliphatic heterocycles. The van der Waals surface area contributed by atoms with Gasteiger partial charge in [0.25, 0.3) is 0 Å². The number of hydrogen-bond donors (Lipinski definition) is 0. The number of ether oxygens (including phenoxy) is 1. The molecule has 0 radical (unpaired) electrons. The number of hydrogen-bond acceptors (Lipinski definition) is 2. The molecule has 5 heteroatoms. The Bertz CT molecular complexity index is 699. The van der Waals surface area contributed by atoms with Crippen LogP contribution in [0.1, 0.15) is 28.4 Å². The van der Waals surface area contributed by atoms with Crippen LogP contribution in [0.4, 0.5) is 0 Å². The van der Waals surface area contributed by atoms with Gasteiger partial charge in [-0.05, 0) is 54.1 Å². The van der Waals surface area contributed by atoms with Crippen LogP contribution in [0.15, 0.2) is 30.3 Å². The van der Waals surface area contributed by atoms with Crippen LogP contribution >= 0.6 is 45.8 Å². The summed E-state index contributed by atoms with van der Waals surface area (Å²) >= 11 is 14.5. The molecule has 0 saturated carbocycles. The van der Waals surface area contributed by atoms with E-state index in [4.69, 9.17) is 27.9 Å². The number of aryl methyl sites for hydroxylation is 1. The second kappa shape index (κ2) is 6.99. The Kier molecular flexibility index (Phi) is 5.52. The van der Waals surface area contributed by atoms with Gasteiger partial charge in [0.15, 0.2) is 5.78 Å². The number of carbonyl (C=O) groups is 1. The van der Waals surface area contributed by atoms with Gasteiger partial charge in [0.1, 0.15) is 5.75 Å². The van der Waals surface area contributed by atoms with E-state index in [1.54, 1.807) is 18.2 Å². The van der Waals surface area contributed by atoms with Crippen molar-refractivity contribution in [1.82, 2.24) is 0 Å². The highest BCUT2D eigenvalue weighted by Gasteiger charge is 2.19. The smallest absolute Gasteiger partial charge is 0.195 e. The van der Waals surface area contributed by atoms with E-state index in [9.17, 15) is 4.79 Å². The average molecular weight is 435 g/mol. The summed E-state index contributed by atoms with van der Waals surface area (Å²) in [6.45, 7) is 4.31. The maximum Gasteiger partial charge on any atom is 0.195 e. The average Bonchev–Trinajstić information content (AvgIpc) is 2.45. The van der Waals surface area contributed by atoms with Crippen molar-refractivity contribution in [3.63, 3.8) is 0 Å². The van der Waals surface area contributed by atoms with Gasteiger partial charge in [0, 0.05) is 20.8 Å². The number of benzene rings is 2. The zero-order valence-corrected chi connectivity index (χ0v) is 15.2. The Hall–Kier alpha value is -0.780. The van der Waals surface area contributed by atoms with Gasteiger partial charge in [-0.1, -0.05) is 35.3 Å². The summed E-state index contributed by atoms with van der Waals surface area (Å²) < 4.78 is 6.29. The van der Waals surface area contributed by atoms with Gasteiger partial charge < -0.3 is 4.74 Å². The first-order chi connectivity index (χ1) is 9.95. The molecule has 0 atom stereocenters. The van der Waals surface area contributed by atoms with Crippen LogP contribution in [0.3, 0.4) is 0 Å². The van der Waals surface area contributed by atoms with Crippen molar-refractivity contribution in [2.45, 2.75) is 13.8 Å². The molecule has 0 spiro atoms. The molecule has 0 bridgehead atoms. The molecular weight excluding hydrogens is 422 g/mol. The number of halogens is 3. The third-order valence-corrected chi connectivity index (χ3v) is 5.04. The third-order valence-electron chi connectivity index (χ3n) is 3.00. The number of ketones is 1. The van der Waals surface area contributed by atoms with E-state index in [2.05, 4.69) is 22.6 Å². The Balaban J connectivity index is 2.49. The minimum Gasteiger partial charge on any atom is -0.492 e. The summed E-state index contributed by atoms with van der Waals surface area (Å²) in [7, 11) is 0. The molecule has 0 saturated heterocycles. The molecule has 0 heterocycles. The van der Waals surface area contributed by atoms with Crippen LogP contribution in [0.2, 0.25) is 10.0 Å². The fourth-order valence-electron chi connectivity index (χ4n) is 1.94. The van der Waals surface area contributed by atoms with Gasteiger partial charge in [0.2, 0.25) is 0 Å². The van der Waals surface area contributed by atoms with E-state index in [0.717, 1.165) is 9.13 Å². The molecule has 21 heavy (non-hydrogen) atoms. The maximum atomic E-state index is 12.7. The molecule has 2 nitrogen and oxygen atoms in total. The highest BCUT2D eigenvalue weighted by atomic mass is 127. The van der Waals surface area contributed by atoms with Crippen molar-refractivity contribution in [3.05, 3.63) is 60.6 Å². The zero-order valence-electron chi connectivity index (χ0n) is 11.5. The first kappa shape index (κ1) is 16.6. The summed E-state index contributed by atoms with van der Waals surface area (Å²) in [5.41, 5.74) is 2.06. The second-order valence-electron chi connectivity index (χ2n) is 4.46. The molecule has 0 aliphatic carbocycles. The molecule has 2 aromatic rings. The summed E-state index contributed by atoms with van der Waals surface area (Å²) in [5.74, 6) is 0.345. The first-order valence-electron chi connectivity index (χ1n) is 6.37. The van der Waals surface area contributed by atoms with Gasteiger partial charge >= 0.3 is 0 Å².